The molecule has 0 bridgehead atoms. The van der Waals surface area contributed by atoms with Crippen LogP contribution in [0, 0.1) is 5.92 Å². The van der Waals surface area contributed by atoms with Crippen LogP contribution in [0.25, 0.3) is 0 Å². The van der Waals surface area contributed by atoms with Gasteiger partial charge < -0.3 is 10.2 Å². The van der Waals surface area contributed by atoms with E-state index in [0.717, 1.165) is 19.4 Å². The molecule has 1 aromatic carbocycles. The first-order valence-electron chi connectivity index (χ1n) is 6.65. The van der Waals surface area contributed by atoms with Crippen molar-refractivity contribution < 1.29 is 13.2 Å². The third-order valence-electron chi connectivity index (χ3n) is 3.50. The van der Waals surface area contributed by atoms with Crippen LogP contribution in [0.1, 0.15) is 12.8 Å². The Bertz CT molecular complexity index is 524. The van der Waals surface area contributed by atoms with Gasteiger partial charge in [-0.3, -0.25) is 5.84 Å². The SMILES string of the molecule is CN(CC1CCCOC1)S(=O)(=O)c1ccc(NN)cc1. The molecule has 1 fully saturated rings. The number of hydrogen-bond acceptors (Lipinski definition) is 5. The van der Waals surface area contributed by atoms with Crippen molar-refractivity contribution in [2.24, 2.45) is 11.8 Å². The molecule has 0 spiro atoms. The standard InChI is InChI=1S/C13H21N3O3S/c1-16(9-11-3-2-8-19-10-11)20(17,18)13-6-4-12(15-14)5-7-13/h4-7,11,15H,2-3,8-10,14H2,1H3. The Morgan fingerprint density at radius 1 is 1.40 bits per heavy atom. The molecule has 1 aliphatic rings. The number of nitrogens with one attached hydrogen (secondary N) is 1. The van der Waals surface area contributed by atoms with E-state index in [-0.39, 0.29) is 10.8 Å². The second kappa shape index (κ2) is 6.53. The summed E-state index contributed by atoms with van der Waals surface area (Å²) in [6.45, 7) is 1.90. The molecule has 6 nitrogen and oxygen atoms in total. The van der Waals surface area contributed by atoms with Gasteiger partial charge in [-0.1, -0.05) is 0 Å². The van der Waals surface area contributed by atoms with Gasteiger partial charge in [-0.25, -0.2) is 12.7 Å². The Morgan fingerprint density at radius 3 is 2.65 bits per heavy atom. The van der Waals surface area contributed by atoms with Crippen LogP contribution in [0.4, 0.5) is 5.69 Å². The van der Waals surface area contributed by atoms with Gasteiger partial charge in [0, 0.05) is 25.9 Å². The lowest BCUT2D eigenvalue weighted by atomic mass is 10.0. The van der Waals surface area contributed by atoms with E-state index in [0.29, 0.717) is 18.8 Å². The lowest BCUT2D eigenvalue weighted by Crippen LogP contribution is -2.35. The van der Waals surface area contributed by atoms with E-state index in [1.165, 1.54) is 4.31 Å². The van der Waals surface area contributed by atoms with Gasteiger partial charge in [0.25, 0.3) is 0 Å². The maximum Gasteiger partial charge on any atom is 0.242 e. The second-order valence-electron chi connectivity index (χ2n) is 5.04. The number of hydrogen-bond donors (Lipinski definition) is 2. The molecule has 20 heavy (non-hydrogen) atoms. The highest BCUT2D eigenvalue weighted by Crippen LogP contribution is 2.20. The predicted octanol–water partition coefficient (Wildman–Crippen LogP) is 1.02. The molecule has 1 saturated heterocycles. The molecule has 0 radical (unpaired) electrons. The van der Waals surface area contributed by atoms with E-state index in [2.05, 4.69) is 5.43 Å². The Labute approximate surface area is 119 Å². The number of nitrogen functional groups attached to an aromatic ring is 1. The minimum atomic E-state index is -3.45. The minimum Gasteiger partial charge on any atom is -0.381 e. The average Bonchev–Trinajstić information content (AvgIpc) is 2.48. The fraction of sp³-hybridized carbons (Fsp3) is 0.538. The summed E-state index contributed by atoms with van der Waals surface area (Å²) in [6, 6.07) is 6.39. The minimum absolute atomic E-state index is 0.272. The summed E-state index contributed by atoms with van der Waals surface area (Å²) in [7, 11) is -1.84. The maximum atomic E-state index is 12.4. The summed E-state index contributed by atoms with van der Waals surface area (Å²) in [5.74, 6) is 5.54. The Hall–Kier alpha value is -1.15. The summed E-state index contributed by atoms with van der Waals surface area (Å²) in [4.78, 5) is 0.274. The maximum absolute atomic E-state index is 12.4. The number of anilines is 1. The number of benzene rings is 1. The number of nitrogens with two attached hydrogens (primary N) is 1. The number of hydrazine groups is 1. The molecule has 1 atom stereocenters. The molecule has 1 heterocycles. The fourth-order valence-electron chi connectivity index (χ4n) is 2.32. The van der Waals surface area contributed by atoms with E-state index >= 15 is 0 Å². The molecule has 0 saturated carbocycles. The molecule has 112 valence electrons. The van der Waals surface area contributed by atoms with Crippen molar-refractivity contribution in [2.75, 3.05) is 32.2 Å². The van der Waals surface area contributed by atoms with Crippen molar-refractivity contribution in [3.63, 3.8) is 0 Å². The normalized spacial score (nSPS) is 20.1. The highest BCUT2D eigenvalue weighted by Gasteiger charge is 2.24. The lowest BCUT2D eigenvalue weighted by Gasteiger charge is -2.26. The summed E-state index contributed by atoms with van der Waals surface area (Å²) < 4.78 is 31.7. The zero-order chi connectivity index (χ0) is 14.6. The van der Waals surface area contributed by atoms with Crippen LogP contribution >= 0.6 is 0 Å². The van der Waals surface area contributed by atoms with Gasteiger partial charge >= 0.3 is 0 Å². The molecule has 0 aliphatic carbocycles. The van der Waals surface area contributed by atoms with Gasteiger partial charge in [-0.2, -0.15) is 0 Å². The van der Waals surface area contributed by atoms with Crippen LogP contribution in [-0.4, -0.2) is 39.5 Å². The van der Waals surface area contributed by atoms with Crippen molar-refractivity contribution in [1.29, 1.82) is 0 Å². The van der Waals surface area contributed by atoms with Crippen LogP contribution in [0.5, 0.6) is 0 Å². The van der Waals surface area contributed by atoms with E-state index in [9.17, 15) is 8.42 Å². The van der Waals surface area contributed by atoms with Crippen molar-refractivity contribution in [1.82, 2.24) is 4.31 Å². The zero-order valence-corrected chi connectivity index (χ0v) is 12.4. The lowest BCUT2D eigenvalue weighted by molar-refractivity contribution is 0.0495. The monoisotopic (exact) mass is 299 g/mol. The number of nitrogens with zero attached hydrogens (tertiary/aromatic N) is 1. The third kappa shape index (κ3) is 3.49. The van der Waals surface area contributed by atoms with Crippen molar-refractivity contribution in [3.8, 4) is 0 Å². The zero-order valence-electron chi connectivity index (χ0n) is 11.6. The Morgan fingerprint density at radius 2 is 2.10 bits per heavy atom. The van der Waals surface area contributed by atoms with E-state index < -0.39 is 10.0 Å². The highest BCUT2D eigenvalue weighted by atomic mass is 32.2. The molecular weight excluding hydrogens is 278 g/mol. The van der Waals surface area contributed by atoms with E-state index in [1.54, 1.807) is 31.3 Å². The Balaban J connectivity index is 2.07. The first-order valence-corrected chi connectivity index (χ1v) is 8.09. The molecule has 7 heteroatoms. The fourth-order valence-corrected chi connectivity index (χ4v) is 3.56. The van der Waals surface area contributed by atoms with Crippen LogP contribution in [-0.2, 0) is 14.8 Å². The van der Waals surface area contributed by atoms with Gasteiger partial charge in [-0.15, -0.1) is 0 Å². The number of ether oxygens (including phenoxy) is 1. The molecule has 0 aromatic heterocycles. The van der Waals surface area contributed by atoms with Crippen molar-refractivity contribution in [3.05, 3.63) is 24.3 Å². The summed E-state index contributed by atoms with van der Waals surface area (Å²) in [5.41, 5.74) is 3.15. The van der Waals surface area contributed by atoms with Crippen LogP contribution < -0.4 is 11.3 Å². The van der Waals surface area contributed by atoms with Crippen molar-refractivity contribution in [2.45, 2.75) is 17.7 Å². The van der Waals surface area contributed by atoms with Gasteiger partial charge in [0.05, 0.1) is 11.5 Å². The average molecular weight is 299 g/mol. The summed E-state index contributed by atoms with van der Waals surface area (Å²) in [6.07, 6.45) is 2.01. The molecule has 1 aliphatic heterocycles. The van der Waals surface area contributed by atoms with Crippen LogP contribution in [0.15, 0.2) is 29.2 Å². The van der Waals surface area contributed by atoms with Crippen LogP contribution in [0.2, 0.25) is 0 Å². The van der Waals surface area contributed by atoms with Gasteiger partial charge in [0.1, 0.15) is 0 Å². The van der Waals surface area contributed by atoms with E-state index in [4.69, 9.17) is 10.6 Å². The highest BCUT2D eigenvalue weighted by molar-refractivity contribution is 7.89. The predicted molar refractivity (Wildman–Crippen MR) is 77.6 cm³/mol. The van der Waals surface area contributed by atoms with Crippen LogP contribution in [0.3, 0.4) is 0 Å². The number of rotatable bonds is 5. The van der Waals surface area contributed by atoms with Crippen molar-refractivity contribution >= 4 is 15.7 Å². The topological polar surface area (TPSA) is 84.7 Å². The summed E-state index contributed by atoms with van der Waals surface area (Å²) >= 11 is 0. The summed E-state index contributed by atoms with van der Waals surface area (Å²) in [5, 5.41) is 0. The van der Waals surface area contributed by atoms with Gasteiger partial charge in [-0.05, 0) is 43.0 Å². The third-order valence-corrected chi connectivity index (χ3v) is 5.34. The second-order valence-corrected chi connectivity index (χ2v) is 7.08. The quantitative estimate of drug-likeness (QED) is 0.626. The molecule has 3 N–H and O–H groups in total. The molecule has 2 rings (SSSR count). The largest absolute Gasteiger partial charge is 0.381 e. The molecular formula is C13H21N3O3S. The molecule has 1 unspecified atom stereocenters. The molecule has 1 aromatic rings. The van der Waals surface area contributed by atoms with Gasteiger partial charge in [0.2, 0.25) is 10.0 Å². The Kier molecular flexibility index (Phi) is 4.98. The number of sulfonamides is 1. The van der Waals surface area contributed by atoms with E-state index in [1.807, 2.05) is 0 Å². The molecule has 0 amide bonds. The first-order chi connectivity index (χ1) is 9.54. The smallest absolute Gasteiger partial charge is 0.242 e. The van der Waals surface area contributed by atoms with Gasteiger partial charge in [0.15, 0.2) is 0 Å². The first kappa shape index (κ1) is 15.2.